The molecule has 0 bridgehead atoms. The second-order valence-electron chi connectivity index (χ2n) is 6.33. The Morgan fingerprint density at radius 2 is 1.96 bits per heavy atom. The average Bonchev–Trinajstić information content (AvgIpc) is 3.03. The Hall–Kier alpha value is -3.47. The number of methoxy groups -OCH3 is 1. The number of aromatic nitrogens is 1. The number of piperidine rings is 1. The first-order valence-electron chi connectivity index (χ1n) is 8.59. The van der Waals surface area contributed by atoms with Crippen molar-refractivity contribution >= 4 is 23.3 Å². The number of nitrogen functional groups attached to an aromatic ring is 1. The first-order valence-corrected chi connectivity index (χ1v) is 8.59. The number of hydrogen-bond donors (Lipinski definition) is 2. The van der Waals surface area contributed by atoms with Crippen LogP contribution in [0.4, 0.5) is 11.4 Å². The molecular formula is C19H20N4O4. The summed E-state index contributed by atoms with van der Waals surface area (Å²) in [4.78, 5) is 26.0. The van der Waals surface area contributed by atoms with E-state index in [0.29, 0.717) is 11.4 Å². The molecule has 0 aliphatic carbocycles. The van der Waals surface area contributed by atoms with Crippen LogP contribution in [0.15, 0.2) is 24.4 Å². The minimum absolute atomic E-state index is 0.00123. The molecule has 1 aromatic heterocycles. The summed E-state index contributed by atoms with van der Waals surface area (Å²) in [5.74, 6) is -1.76. The van der Waals surface area contributed by atoms with Gasteiger partial charge in [-0.05, 0) is 37.5 Å². The molecule has 0 spiro atoms. The molecule has 1 aromatic carbocycles. The molecule has 1 saturated heterocycles. The summed E-state index contributed by atoms with van der Waals surface area (Å²) in [6.07, 6.45) is 4.59. The summed E-state index contributed by atoms with van der Waals surface area (Å²) < 4.78 is 6.15. The molecule has 2 aromatic rings. The molecule has 8 nitrogen and oxygen atoms in total. The van der Waals surface area contributed by atoms with Crippen LogP contribution in [0.5, 0.6) is 0 Å². The van der Waals surface area contributed by atoms with Gasteiger partial charge in [0.15, 0.2) is 5.69 Å². The van der Waals surface area contributed by atoms with Crippen molar-refractivity contribution in [1.82, 2.24) is 4.57 Å². The molecule has 0 unspecified atom stereocenters. The van der Waals surface area contributed by atoms with E-state index >= 15 is 0 Å². The number of carboxylic acids is 1. The van der Waals surface area contributed by atoms with E-state index in [2.05, 4.69) is 4.90 Å². The lowest BCUT2D eigenvalue weighted by Crippen LogP contribution is -2.30. The van der Waals surface area contributed by atoms with Crippen molar-refractivity contribution in [3.63, 3.8) is 0 Å². The summed E-state index contributed by atoms with van der Waals surface area (Å²) in [5, 5.41) is 18.9. The minimum Gasteiger partial charge on any atom is -0.478 e. The lowest BCUT2D eigenvalue weighted by molar-refractivity contribution is 0.0592. The van der Waals surface area contributed by atoms with Crippen LogP contribution in [-0.2, 0) is 4.74 Å². The van der Waals surface area contributed by atoms with Gasteiger partial charge in [-0.3, -0.25) is 0 Å². The highest BCUT2D eigenvalue weighted by molar-refractivity contribution is 5.97. The fourth-order valence-corrected chi connectivity index (χ4v) is 3.37. The maximum absolute atomic E-state index is 12.1. The maximum Gasteiger partial charge on any atom is 0.357 e. The Kier molecular flexibility index (Phi) is 5.03. The van der Waals surface area contributed by atoms with Crippen LogP contribution in [0.3, 0.4) is 0 Å². The molecule has 0 atom stereocenters. The Bertz CT molecular complexity index is 936. The molecule has 1 aliphatic rings. The van der Waals surface area contributed by atoms with Gasteiger partial charge >= 0.3 is 11.9 Å². The van der Waals surface area contributed by atoms with E-state index in [0.717, 1.165) is 32.4 Å². The van der Waals surface area contributed by atoms with Crippen molar-refractivity contribution < 1.29 is 19.4 Å². The molecule has 140 valence electrons. The molecule has 3 rings (SSSR count). The number of aromatic carboxylic acids is 1. The predicted molar refractivity (Wildman–Crippen MR) is 99.3 cm³/mol. The van der Waals surface area contributed by atoms with Crippen LogP contribution in [0.2, 0.25) is 0 Å². The van der Waals surface area contributed by atoms with Crippen molar-refractivity contribution in [2.45, 2.75) is 19.3 Å². The Labute approximate surface area is 156 Å². The van der Waals surface area contributed by atoms with Crippen LogP contribution in [0.25, 0.3) is 5.69 Å². The van der Waals surface area contributed by atoms with Gasteiger partial charge in [0.2, 0.25) is 0 Å². The normalized spacial score (nSPS) is 13.9. The van der Waals surface area contributed by atoms with Crippen molar-refractivity contribution in [1.29, 1.82) is 5.26 Å². The van der Waals surface area contributed by atoms with Gasteiger partial charge in [0, 0.05) is 25.0 Å². The first kappa shape index (κ1) is 18.3. The molecule has 3 N–H and O–H groups in total. The first-order chi connectivity index (χ1) is 13.0. The van der Waals surface area contributed by atoms with Gasteiger partial charge in [-0.2, -0.15) is 5.26 Å². The Balaban J connectivity index is 2.13. The van der Waals surface area contributed by atoms with E-state index in [9.17, 15) is 20.0 Å². The zero-order chi connectivity index (χ0) is 19.6. The summed E-state index contributed by atoms with van der Waals surface area (Å²) in [5.41, 5.74) is 7.22. The van der Waals surface area contributed by atoms with Gasteiger partial charge in [0.1, 0.15) is 6.07 Å². The molecule has 27 heavy (non-hydrogen) atoms. The van der Waals surface area contributed by atoms with Crippen molar-refractivity contribution in [3.05, 3.63) is 41.2 Å². The van der Waals surface area contributed by atoms with Gasteiger partial charge in [-0.25, -0.2) is 9.59 Å². The second kappa shape index (κ2) is 7.41. The molecule has 1 fully saturated rings. The number of nitrogens with zero attached hydrogens (tertiary/aromatic N) is 3. The highest BCUT2D eigenvalue weighted by atomic mass is 16.5. The highest BCUT2D eigenvalue weighted by Gasteiger charge is 2.24. The lowest BCUT2D eigenvalue weighted by atomic mass is 10.1. The van der Waals surface area contributed by atoms with E-state index in [4.69, 9.17) is 10.5 Å². The van der Waals surface area contributed by atoms with Gasteiger partial charge in [0.05, 0.1) is 29.6 Å². The van der Waals surface area contributed by atoms with Crippen LogP contribution >= 0.6 is 0 Å². The number of benzene rings is 1. The Morgan fingerprint density at radius 3 is 2.56 bits per heavy atom. The summed E-state index contributed by atoms with van der Waals surface area (Å²) in [6, 6.07) is 6.85. The minimum atomic E-state index is -1.06. The number of carbonyl (C=O) groups is 2. The van der Waals surface area contributed by atoms with E-state index in [-0.39, 0.29) is 22.5 Å². The van der Waals surface area contributed by atoms with Crippen LogP contribution in [-0.4, -0.2) is 41.8 Å². The molecule has 0 saturated carbocycles. The van der Waals surface area contributed by atoms with Crippen LogP contribution in [0.1, 0.15) is 45.7 Å². The molecule has 1 aliphatic heterocycles. The Morgan fingerprint density at radius 1 is 1.26 bits per heavy atom. The van der Waals surface area contributed by atoms with Gasteiger partial charge in [-0.1, -0.05) is 0 Å². The third-order valence-corrected chi connectivity index (χ3v) is 4.73. The van der Waals surface area contributed by atoms with Gasteiger partial charge < -0.3 is 25.0 Å². The van der Waals surface area contributed by atoms with Crippen molar-refractivity contribution in [2.75, 3.05) is 30.8 Å². The number of nitrogens with two attached hydrogens (primary N) is 1. The number of nitriles is 1. The van der Waals surface area contributed by atoms with Crippen LogP contribution < -0.4 is 10.6 Å². The van der Waals surface area contributed by atoms with E-state index < -0.39 is 11.9 Å². The van der Waals surface area contributed by atoms with Gasteiger partial charge in [0.25, 0.3) is 0 Å². The maximum atomic E-state index is 12.1. The zero-order valence-electron chi connectivity index (χ0n) is 14.9. The molecular weight excluding hydrogens is 348 g/mol. The van der Waals surface area contributed by atoms with Crippen molar-refractivity contribution in [2.24, 2.45) is 0 Å². The molecule has 8 heteroatoms. The summed E-state index contributed by atoms with van der Waals surface area (Å²) in [7, 11) is 1.22. The van der Waals surface area contributed by atoms with Crippen molar-refractivity contribution in [3.8, 4) is 11.8 Å². The summed E-state index contributed by atoms with van der Waals surface area (Å²) in [6.45, 7) is 1.62. The topological polar surface area (TPSA) is 122 Å². The summed E-state index contributed by atoms with van der Waals surface area (Å²) >= 11 is 0. The molecule has 0 radical (unpaired) electrons. The largest absolute Gasteiger partial charge is 0.478 e. The third-order valence-electron chi connectivity index (χ3n) is 4.73. The molecule has 0 amide bonds. The second-order valence-corrected chi connectivity index (χ2v) is 6.33. The quantitative estimate of drug-likeness (QED) is 0.795. The number of carbonyl (C=O) groups excluding carboxylic acids is 1. The van der Waals surface area contributed by atoms with E-state index in [1.165, 1.54) is 23.9 Å². The predicted octanol–water partition coefficient (Wildman–Crippen LogP) is 2.41. The average molecular weight is 368 g/mol. The number of rotatable bonds is 4. The number of ether oxygens (including phenoxy) is 1. The number of anilines is 2. The number of hydrogen-bond acceptors (Lipinski definition) is 6. The zero-order valence-corrected chi connectivity index (χ0v) is 14.9. The van der Waals surface area contributed by atoms with E-state index in [1.54, 1.807) is 12.1 Å². The monoisotopic (exact) mass is 368 g/mol. The van der Waals surface area contributed by atoms with Crippen LogP contribution in [0, 0.1) is 11.3 Å². The fourth-order valence-electron chi connectivity index (χ4n) is 3.37. The third kappa shape index (κ3) is 3.31. The standard InChI is InChI=1S/C19H20N4O4/c1-27-19(26)17-16(21)12(10-20)11-23(17)13-5-6-15(14(9-13)18(24)25)22-7-3-2-4-8-22/h5-6,9,11H,2-4,7-8,21H2,1H3,(H,24,25). The highest BCUT2D eigenvalue weighted by Crippen LogP contribution is 2.30. The number of carboxylic acid groups (broad SMARTS) is 1. The number of esters is 1. The SMILES string of the molecule is COC(=O)c1c(N)c(C#N)cn1-c1ccc(N2CCCCC2)c(C(=O)O)c1. The van der Waals surface area contributed by atoms with Gasteiger partial charge in [-0.15, -0.1) is 0 Å². The fraction of sp³-hybridized carbons (Fsp3) is 0.316. The lowest BCUT2D eigenvalue weighted by Gasteiger charge is -2.30. The molecule has 2 heterocycles. The van der Waals surface area contributed by atoms with E-state index in [1.807, 2.05) is 6.07 Å². The smallest absolute Gasteiger partial charge is 0.357 e.